The highest BCUT2D eigenvalue weighted by molar-refractivity contribution is 9.10. The lowest BCUT2D eigenvalue weighted by molar-refractivity contribution is 0.0943. The molecule has 1 amide bonds. The number of carbonyl (C=O) groups excluding carboxylic acids is 1. The van der Waals surface area contributed by atoms with Crippen LogP contribution in [0.2, 0.25) is 0 Å². The fourth-order valence-electron chi connectivity index (χ4n) is 2.20. The minimum Gasteiger partial charge on any atom is -0.352 e. The van der Waals surface area contributed by atoms with Crippen LogP contribution in [0.1, 0.15) is 23.2 Å². The number of rotatable bonds is 4. The lowest BCUT2D eigenvalue weighted by Crippen LogP contribution is -2.28. The summed E-state index contributed by atoms with van der Waals surface area (Å²) in [5.41, 5.74) is -0.521. The van der Waals surface area contributed by atoms with E-state index in [4.69, 9.17) is 0 Å². The molecule has 2 N–H and O–H groups in total. The van der Waals surface area contributed by atoms with Crippen molar-refractivity contribution in [2.24, 2.45) is 5.92 Å². The maximum Gasteiger partial charge on any atom is 0.257 e. The summed E-state index contributed by atoms with van der Waals surface area (Å²) in [6.45, 7) is 2.37. The molecule has 0 bridgehead atoms. The lowest BCUT2D eigenvalue weighted by atomic mass is 10.1. The highest BCUT2D eigenvalue weighted by Gasteiger charge is 2.19. The standard InChI is InChI=1S/C13H15BrF2N2O.ClH/c14-9-5-10(15)12(11(16)6-9)13(19)18-4-2-8-1-3-17-7-8;/h5-6,8,17H,1-4,7H2,(H,18,19);1H. The van der Waals surface area contributed by atoms with Gasteiger partial charge in [0.15, 0.2) is 0 Å². The average molecular weight is 370 g/mol. The van der Waals surface area contributed by atoms with E-state index in [1.807, 2.05) is 0 Å². The Bertz CT molecular complexity index is 458. The van der Waals surface area contributed by atoms with E-state index in [2.05, 4.69) is 26.6 Å². The highest BCUT2D eigenvalue weighted by Crippen LogP contribution is 2.19. The van der Waals surface area contributed by atoms with Crippen LogP contribution in [0.25, 0.3) is 0 Å². The van der Waals surface area contributed by atoms with Crippen LogP contribution in [-0.2, 0) is 0 Å². The molecule has 2 rings (SSSR count). The van der Waals surface area contributed by atoms with Crippen LogP contribution in [0.3, 0.4) is 0 Å². The van der Waals surface area contributed by atoms with E-state index in [9.17, 15) is 13.6 Å². The van der Waals surface area contributed by atoms with Gasteiger partial charge >= 0.3 is 0 Å². The van der Waals surface area contributed by atoms with Gasteiger partial charge < -0.3 is 10.6 Å². The van der Waals surface area contributed by atoms with E-state index in [1.54, 1.807) is 0 Å². The predicted molar refractivity (Wildman–Crippen MR) is 79.2 cm³/mol. The van der Waals surface area contributed by atoms with E-state index in [1.165, 1.54) is 0 Å². The van der Waals surface area contributed by atoms with Crippen molar-refractivity contribution in [2.75, 3.05) is 19.6 Å². The van der Waals surface area contributed by atoms with Crippen LogP contribution < -0.4 is 10.6 Å². The summed E-state index contributed by atoms with van der Waals surface area (Å²) >= 11 is 2.97. The molecule has 1 aliphatic rings. The Morgan fingerprint density at radius 1 is 1.40 bits per heavy atom. The summed E-state index contributed by atoms with van der Waals surface area (Å²) in [5, 5.41) is 5.79. The fraction of sp³-hybridized carbons (Fsp3) is 0.462. The normalized spacial score (nSPS) is 17.6. The van der Waals surface area contributed by atoms with Gasteiger partial charge in [0.2, 0.25) is 0 Å². The second-order valence-corrected chi connectivity index (χ2v) is 5.56. The van der Waals surface area contributed by atoms with Crippen molar-refractivity contribution in [2.45, 2.75) is 12.8 Å². The molecule has 0 aromatic heterocycles. The van der Waals surface area contributed by atoms with Gasteiger partial charge in [-0.2, -0.15) is 0 Å². The first-order valence-corrected chi connectivity index (χ1v) is 7.00. The number of carbonyl (C=O) groups is 1. The Hall–Kier alpha value is -0.720. The molecular weight excluding hydrogens is 354 g/mol. The van der Waals surface area contributed by atoms with Gasteiger partial charge in [0.05, 0.1) is 0 Å². The number of benzene rings is 1. The average Bonchev–Trinajstić information content (AvgIpc) is 2.80. The first-order chi connectivity index (χ1) is 9.08. The third kappa shape index (κ3) is 4.40. The van der Waals surface area contributed by atoms with Gasteiger partial charge in [-0.05, 0) is 44.0 Å². The number of halogens is 4. The second-order valence-electron chi connectivity index (χ2n) is 4.65. The highest BCUT2D eigenvalue weighted by atomic mass is 79.9. The molecule has 20 heavy (non-hydrogen) atoms. The Morgan fingerprint density at radius 3 is 2.60 bits per heavy atom. The van der Waals surface area contributed by atoms with Gasteiger partial charge in [-0.1, -0.05) is 15.9 Å². The van der Waals surface area contributed by atoms with Gasteiger partial charge in [0, 0.05) is 11.0 Å². The smallest absolute Gasteiger partial charge is 0.257 e. The van der Waals surface area contributed by atoms with Gasteiger partial charge in [-0.3, -0.25) is 4.79 Å². The van der Waals surface area contributed by atoms with E-state index in [-0.39, 0.29) is 16.9 Å². The minimum atomic E-state index is -0.855. The first kappa shape index (κ1) is 17.3. The van der Waals surface area contributed by atoms with Crippen molar-refractivity contribution in [3.05, 3.63) is 33.8 Å². The monoisotopic (exact) mass is 368 g/mol. The van der Waals surface area contributed by atoms with Crippen molar-refractivity contribution in [3.63, 3.8) is 0 Å². The fourth-order valence-corrected chi connectivity index (χ4v) is 2.60. The first-order valence-electron chi connectivity index (χ1n) is 6.21. The number of amides is 1. The number of hydrogen-bond donors (Lipinski definition) is 2. The summed E-state index contributed by atoms with van der Waals surface area (Å²) in [6.07, 6.45) is 1.90. The lowest BCUT2D eigenvalue weighted by Gasteiger charge is -2.10. The van der Waals surface area contributed by atoms with E-state index < -0.39 is 23.1 Å². The third-order valence-corrected chi connectivity index (χ3v) is 3.69. The van der Waals surface area contributed by atoms with E-state index in [0.717, 1.165) is 38.1 Å². The van der Waals surface area contributed by atoms with Gasteiger partial charge in [-0.25, -0.2) is 8.78 Å². The van der Waals surface area contributed by atoms with E-state index >= 15 is 0 Å². The zero-order valence-corrected chi connectivity index (χ0v) is 13.1. The molecule has 1 aromatic rings. The van der Waals surface area contributed by atoms with Crippen molar-refractivity contribution in [1.29, 1.82) is 0 Å². The van der Waals surface area contributed by atoms with Gasteiger partial charge in [-0.15, -0.1) is 12.4 Å². The zero-order chi connectivity index (χ0) is 13.8. The Balaban J connectivity index is 0.00000200. The molecule has 0 saturated carbocycles. The largest absolute Gasteiger partial charge is 0.352 e. The Morgan fingerprint density at radius 2 is 2.05 bits per heavy atom. The Labute approximate surface area is 131 Å². The van der Waals surface area contributed by atoms with Crippen LogP contribution in [0.15, 0.2) is 16.6 Å². The van der Waals surface area contributed by atoms with Gasteiger partial charge in [0.25, 0.3) is 5.91 Å². The summed E-state index contributed by atoms with van der Waals surface area (Å²) in [4.78, 5) is 11.7. The molecule has 1 unspecified atom stereocenters. The van der Waals surface area contributed by atoms with Crippen LogP contribution >= 0.6 is 28.3 Å². The summed E-state index contributed by atoms with van der Waals surface area (Å²) in [7, 11) is 0. The molecule has 1 aliphatic heterocycles. The molecule has 1 aromatic carbocycles. The predicted octanol–water partition coefficient (Wildman–Crippen LogP) is 2.88. The van der Waals surface area contributed by atoms with Gasteiger partial charge in [0.1, 0.15) is 17.2 Å². The molecule has 1 saturated heterocycles. The quantitative estimate of drug-likeness (QED) is 0.857. The zero-order valence-electron chi connectivity index (χ0n) is 10.7. The van der Waals surface area contributed by atoms with E-state index in [0.29, 0.717) is 12.5 Å². The van der Waals surface area contributed by atoms with Crippen LogP contribution in [0, 0.1) is 17.6 Å². The maximum atomic E-state index is 13.5. The summed E-state index contributed by atoms with van der Waals surface area (Å²) < 4.78 is 27.4. The third-order valence-electron chi connectivity index (χ3n) is 3.23. The number of nitrogens with one attached hydrogen (secondary N) is 2. The van der Waals surface area contributed by atoms with Crippen molar-refractivity contribution < 1.29 is 13.6 Å². The minimum absolute atomic E-state index is 0. The SMILES string of the molecule is Cl.O=C(NCCC1CCNC1)c1c(F)cc(Br)cc1F. The van der Waals surface area contributed by atoms with Crippen LogP contribution in [-0.4, -0.2) is 25.5 Å². The Kier molecular flexibility index (Phi) is 6.85. The molecule has 0 spiro atoms. The molecule has 1 atom stereocenters. The molecule has 0 radical (unpaired) electrons. The second kappa shape index (κ2) is 7.90. The van der Waals surface area contributed by atoms with Crippen LogP contribution in [0.4, 0.5) is 8.78 Å². The number of hydrogen-bond acceptors (Lipinski definition) is 2. The molecule has 112 valence electrons. The van der Waals surface area contributed by atoms with Crippen molar-refractivity contribution >= 4 is 34.2 Å². The van der Waals surface area contributed by atoms with Crippen molar-refractivity contribution in [1.82, 2.24) is 10.6 Å². The molecule has 7 heteroatoms. The molecular formula is C13H16BrClF2N2O. The topological polar surface area (TPSA) is 41.1 Å². The van der Waals surface area contributed by atoms with Crippen molar-refractivity contribution in [3.8, 4) is 0 Å². The summed E-state index contributed by atoms with van der Waals surface area (Å²) in [5.74, 6) is -1.88. The molecule has 1 heterocycles. The molecule has 1 fully saturated rings. The molecule has 0 aliphatic carbocycles. The van der Waals surface area contributed by atoms with Crippen LogP contribution in [0.5, 0.6) is 0 Å². The molecule has 3 nitrogen and oxygen atoms in total. The summed E-state index contributed by atoms with van der Waals surface area (Å²) in [6, 6.07) is 2.16. The maximum absolute atomic E-state index is 13.5.